The highest BCUT2D eigenvalue weighted by atomic mass is 16.6. The SMILES string of the molecule is CCOC(=O)N1CCC(N2CCC(N3C(=O)C(C)(CC)c4ccccc43)CC2)CC1. The maximum atomic E-state index is 13.4. The van der Waals surface area contributed by atoms with Crippen molar-refractivity contribution in [1.29, 1.82) is 0 Å². The number of piperidine rings is 2. The average molecular weight is 414 g/mol. The largest absolute Gasteiger partial charge is 0.450 e. The summed E-state index contributed by atoms with van der Waals surface area (Å²) in [5, 5.41) is 0. The minimum atomic E-state index is -0.395. The number of carbonyl (C=O) groups excluding carboxylic acids is 2. The maximum absolute atomic E-state index is 13.4. The number of nitrogens with zero attached hydrogens (tertiary/aromatic N) is 3. The zero-order valence-corrected chi connectivity index (χ0v) is 18.6. The van der Waals surface area contributed by atoms with E-state index in [1.54, 1.807) is 0 Å². The number of hydrogen-bond acceptors (Lipinski definition) is 4. The molecule has 1 unspecified atom stereocenters. The summed E-state index contributed by atoms with van der Waals surface area (Å²) in [6, 6.07) is 9.15. The van der Waals surface area contributed by atoms with Crippen LogP contribution in [-0.2, 0) is 14.9 Å². The van der Waals surface area contributed by atoms with E-state index in [1.807, 2.05) is 17.9 Å². The fraction of sp³-hybridized carbons (Fsp3) is 0.667. The lowest BCUT2D eigenvalue weighted by molar-refractivity contribution is -0.123. The van der Waals surface area contributed by atoms with E-state index in [4.69, 9.17) is 4.74 Å². The Kier molecular flexibility index (Phi) is 6.05. The van der Waals surface area contributed by atoms with Crippen LogP contribution in [0.25, 0.3) is 0 Å². The second-order valence-electron chi connectivity index (χ2n) is 9.06. The fourth-order valence-corrected chi connectivity index (χ4v) is 5.48. The minimum absolute atomic E-state index is 0.181. The van der Waals surface area contributed by atoms with E-state index in [1.165, 1.54) is 5.56 Å². The van der Waals surface area contributed by atoms with Crippen molar-refractivity contribution in [3.63, 3.8) is 0 Å². The Labute approximate surface area is 180 Å². The molecule has 30 heavy (non-hydrogen) atoms. The van der Waals surface area contributed by atoms with E-state index in [2.05, 4.69) is 41.8 Å². The van der Waals surface area contributed by atoms with Crippen molar-refractivity contribution in [2.24, 2.45) is 0 Å². The molecule has 4 rings (SSSR count). The molecular formula is C24H35N3O3. The molecule has 0 spiro atoms. The number of para-hydroxylation sites is 1. The Morgan fingerprint density at radius 3 is 2.30 bits per heavy atom. The molecule has 0 N–H and O–H groups in total. The molecule has 0 saturated carbocycles. The van der Waals surface area contributed by atoms with Crippen molar-refractivity contribution in [2.75, 3.05) is 37.7 Å². The quantitative estimate of drug-likeness (QED) is 0.754. The average Bonchev–Trinajstić information content (AvgIpc) is 3.02. The first-order valence-electron chi connectivity index (χ1n) is 11.6. The highest BCUT2D eigenvalue weighted by molar-refractivity contribution is 6.08. The standard InChI is InChI=1S/C24H35N3O3/c1-4-24(3)20-8-6-7-9-21(20)27(22(24)28)19-12-14-25(15-13-19)18-10-16-26(17-11-18)23(29)30-5-2/h6-9,18-19H,4-5,10-17H2,1-3H3. The summed E-state index contributed by atoms with van der Waals surface area (Å²) in [4.78, 5) is 31.9. The predicted octanol–water partition coefficient (Wildman–Crippen LogP) is 3.79. The van der Waals surface area contributed by atoms with Gasteiger partial charge >= 0.3 is 6.09 Å². The molecule has 3 heterocycles. The van der Waals surface area contributed by atoms with E-state index in [-0.39, 0.29) is 18.0 Å². The molecule has 2 fully saturated rings. The highest BCUT2D eigenvalue weighted by Crippen LogP contribution is 2.45. The van der Waals surface area contributed by atoms with Crippen molar-refractivity contribution < 1.29 is 14.3 Å². The second-order valence-corrected chi connectivity index (χ2v) is 9.06. The monoisotopic (exact) mass is 413 g/mol. The topological polar surface area (TPSA) is 53.1 Å². The van der Waals surface area contributed by atoms with Crippen molar-refractivity contribution >= 4 is 17.7 Å². The maximum Gasteiger partial charge on any atom is 0.409 e. The molecule has 164 valence electrons. The lowest BCUT2D eigenvalue weighted by Crippen LogP contribution is -2.53. The molecule has 1 aromatic rings. The molecule has 2 amide bonds. The molecule has 3 aliphatic rings. The lowest BCUT2D eigenvalue weighted by Gasteiger charge is -2.43. The van der Waals surface area contributed by atoms with Gasteiger partial charge in [-0.15, -0.1) is 0 Å². The zero-order chi connectivity index (χ0) is 21.3. The fourth-order valence-electron chi connectivity index (χ4n) is 5.48. The summed E-state index contributed by atoms with van der Waals surface area (Å²) >= 11 is 0. The Bertz CT molecular complexity index is 782. The molecule has 1 aromatic carbocycles. The Balaban J connectivity index is 1.37. The van der Waals surface area contributed by atoms with Crippen molar-refractivity contribution in [2.45, 2.75) is 70.4 Å². The molecule has 6 nitrogen and oxygen atoms in total. The number of benzene rings is 1. The number of fused-ring (bicyclic) bond motifs is 1. The van der Waals surface area contributed by atoms with Crippen LogP contribution in [0.4, 0.5) is 10.5 Å². The van der Waals surface area contributed by atoms with Gasteiger partial charge in [-0.3, -0.25) is 4.79 Å². The van der Waals surface area contributed by atoms with Crippen LogP contribution in [0.2, 0.25) is 0 Å². The van der Waals surface area contributed by atoms with Gasteiger partial charge in [0, 0.05) is 44.0 Å². The third kappa shape index (κ3) is 3.59. The van der Waals surface area contributed by atoms with Crippen LogP contribution >= 0.6 is 0 Å². The number of anilines is 1. The van der Waals surface area contributed by atoms with Gasteiger partial charge in [-0.25, -0.2) is 4.79 Å². The number of likely N-dealkylation sites (tertiary alicyclic amines) is 2. The van der Waals surface area contributed by atoms with E-state index in [9.17, 15) is 9.59 Å². The van der Waals surface area contributed by atoms with E-state index >= 15 is 0 Å². The van der Waals surface area contributed by atoms with Gasteiger partial charge in [-0.05, 0) is 57.6 Å². The molecule has 3 aliphatic heterocycles. The summed E-state index contributed by atoms with van der Waals surface area (Å²) in [6.07, 6.45) is 4.68. The van der Waals surface area contributed by atoms with Gasteiger partial charge in [-0.2, -0.15) is 0 Å². The first kappa shape index (κ1) is 21.2. The molecule has 0 aliphatic carbocycles. The number of hydrogen-bond donors (Lipinski definition) is 0. The number of rotatable bonds is 4. The van der Waals surface area contributed by atoms with Crippen LogP contribution in [0.5, 0.6) is 0 Å². The van der Waals surface area contributed by atoms with Gasteiger partial charge in [0.25, 0.3) is 0 Å². The van der Waals surface area contributed by atoms with Crippen LogP contribution < -0.4 is 4.90 Å². The smallest absolute Gasteiger partial charge is 0.409 e. The number of carbonyl (C=O) groups is 2. The molecule has 0 bridgehead atoms. The molecule has 2 saturated heterocycles. The van der Waals surface area contributed by atoms with Gasteiger partial charge in [-0.1, -0.05) is 25.1 Å². The van der Waals surface area contributed by atoms with Crippen LogP contribution in [0.15, 0.2) is 24.3 Å². The summed E-state index contributed by atoms with van der Waals surface area (Å²) in [7, 11) is 0. The predicted molar refractivity (Wildman–Crippen MR) is 118 cm³/mol. The third-order valence-corrected chi connectivity index (χ3v) is 7.53. The molecule has 0 radical (unpaired) electrons. The van der Waals surface area contributed by atoms with Crippen LogP contribution in [0.3, 0.4) is 0 Å². The third-order valence-electron chi connectivity index (χ3n) is 7.53. The van der Waals surface area contributed by atoms with Crippen molar-refractivity contribution in [3.8, 4) is 0 Å². The van der Waals surface area contributed by atoms with E-state index in [0.717, 1.165) is 64.0 Å². The molecule has 6 heteroatoms. The summed E-state index contributed by atoms with van der Waals surface area (Å²) in [5.41, 5.74) is 1.91. The van der Waals surface area contributed by atoms with Gasteiger partial charge in [0.15, 0.2) is 0 Å². The number of ether oxygens (including phenoxy) is 1. The Hall–Kier alpha value is -2.08. The van der Waals surface area contributed by atoms with Gasteiger partial charge in [0.05, 0.1) is 12.0 Å². The summed E-state index contributed by atoms with van der Waals surface area (Å²) in [5.74, 6) is 0.271. The highest BCUT2D eigenvalue weighted by Gasteiger charge is 2.48. The molecule has 1 atom stereocenters. The van der Waals surface area contributed by atoms with E-state index < -0.39 is 5.41 Å². The molecule has 0 aromatic heterocycles. The van der Waals surface area contributed by atoms with Gasteiger partial charge in [0.1, 0.15) is 0 Å². The normalized spacial score (nSPS) is 26.2. The van der Waals surface area contributed by atoms with Crippen LogP contribution in [-0.4, -0.2) is 66.7 Å². The van der Waals surface area contributed by atoms with Gasteiger partial charge in [0.2, 0.25) is 5.91 Å². The van der Waals surface area contributed by atoms with Gasteiger partial charge < -0.3 is 19.4 Å². The van der Waals surface area contributed by atoms with Crippen molar-refractivity contribution in [3.05, 3.63) is 29.8 Å². The minimum Gasteiger partial charge on any atom is -0.450 e. The Morgan fingerprint density at radius 1 is 1.03 bits per heavy atom. The van der Waals surface area contributed by atoms with Crippen LogP contribution in [0, 0.1) is 0 Å². The first-order chi connectivity index (χ1) is 14.5. The number of amides is 2. The lowest BCUT2D eigenvalue weighted by atomic mass is 9.81. The van der Waals surface area contributed by atoms with E-state index in [0.29, 0.717) is 12.6 Å². The molecular weight excluding hydrogens is 378 g/mol. The Morgan fingerprint density at radius 2 is 1.67 bits per heavy atom. The van der Waals surface area contributed by atoms with Crippen molar-refractivity contribution in [1.82, 2.24) is 9.80 Å². The summed E-state index contributed by atoms with van der Waals surface area (Å²) < 4.78 is 5.13. The zero-order valence-electron chi connectivity index (χ0n) is 18.6. The van der Waals surface area contributed by atoms with Crippen LogP contribution in [0.1, 0.15) is 58.4 Å². The summed E-state index contributed by atoms with van der Waals surface area (Å²) in [6.45, 7) is 10.1. The first-order valence-corrected chi connectivity index (χ1v) is 11.6. The second kappa shape index (κ2) is 8.58.